The van der Waals surface area contributed by atoms with Crippen LogP contribution in [0, 0.1) is 12.7 Å². The van der Waals surface area contributed by atoms with Gasteiger partial charge in [-0.25, -0.2) is 4.39 Å². The molecule has 1 aromatic rings. The van der Waals surface area contributed by atoms with Crippen LogP contribution in [0.1, 0.15) is 49.7 Å². The predicted molar refractivity (Wildman–Crippen MR) is 77.3 cm³/mol. The van der Waals surface area contributed by atoms with Crippen LogP contribution < -0.4 is 0 Å². The minimum atomic E-state index is -0.628. The summed E-state index contributed by atoms with van der Waals surface area (Å²) in [5.74, 6) is -0.119. The lowest BCUT2D eigenvalue weighted by atomic mass is 9.85. The number of benzene rings is 1. The maximum absolute atomic E-state index is 13.1. The van der Waals surface area contributed by atoms with Crippen LogP contribution in [0.2, 0.25) is 0 Å². The first-order valence-electron chi connectivity index (χ1n) is 7.41. The maximum Gasteiger partial charge on any atom is 0.168 e. The molecule has 20 heavy (non-hydrogen) atoms. The second kappa shape index (κ2) is 6.49. The number of methoxy groups -OCH3 is 1. The van der Waals surface area contributed by atoms with Crippen molar-refractivity contribution in [1.82, 2.24) is 0 Å². The summed E-state index contributed by atoms with van der Waals surface area (Å²) in [6.45, 7) is 1.85. The number of rotatable bonds is 4. The second-order valence-corrected chi connectivity index (χ2v) is 5.78. The number of aryl methyl sites for hydroxylation is 1. The molecule has 0 radical (unpaired) electrons. The third-order valence-electron chi connectivity index (χ3n) is 4.47. The fourth-order valence-corrected chi connectivity index (χ4v) is 3.09. The zero-order valence-corrected chi connectivity index (χ0v) is 12.4. The predicted octanol–water partition coefficient (Wildman–Crippen LogP) is 3.99. The van der Waals surface area contributed by atoms with E-state index in [-0.39, 0.29) is 11.6 Å². The van der Waals surface area contributed by atoms with Gasteiger partial charge in [-0.05, 0) is 43.0 Å². The standard InChI is InChI=1S/C17H23FO2/c1-13-11-15(18)8-7-14(13)12-16(19)17(20-2)9-5-3-4-6-10-17/h7-8,11H,3-6,9-10,12H2,1-2H3. The average Bonchev–Trinajstić information content (AvgIpc) is 2.68. The fraction of sp³-hybridized carbons (Fsp3) is 0.588. The van der Waals surface area contributed by atoms with Crippen LogP contribution in [-0.4, -0.2) is 18.5 Å². The number of ether oxygens (including phenoxy) is 1. The quantitative estimate of drug-likeness (QED) is 0.779. The van der Waals surface area contributed by atoms with Crippen molar-refractivity contribution in [1.29, 1.82) is 0 Å². The minimum absolute atomic E-state index is 0.136. The highest BCUT2D eigenvalue weighted by molar-refractivity contribution is 5.89. The van der Waals surface area contributed by atoms with E-state index < -0.39 is 5.60 Å². The molecular weight excluding hydrogens is 255 g/mol. The van der Waals surface area contributed by atoms with Gasteiger partial charge in [0, 0.05) is 13.5 Å². The molecule has 1 aliphatic rings. The summed E-state index contributed by atoms with van der Waals surface area (Å²) in [6.07, 6.45) is 6.39. The van der Waals surface area contributed by atoms with Gasteiger partial charge in [-0.1, -0.05) is 31.7 Å². The Bertz CT molecular complexity index is 474. The Hall–Kier alpha value is -1.22. The monoisotopic (exact) mass is 278 g/mol. The Morgan fingerprint density at radius 2 is 1.90 bits per heavy atom. The van der Waals surface area contributed by atoms with Crippen LogP contribution in [0.25, 0.3) is 0 Å². The van der Waals surface area contributed by atoms with E-state index in [1.54, 1.807) is 13.2 Å². The molecule has 1 saturated carbocycles. The van der Waals surface area contributed by atoms with Crippen LogP contribution in [0.4, 0.5) is 4.39 Å². The van der Waals surface area contributed by atoms with Gasteiger partial charge in [-0.15, -0.1) is 0 Å². The van der Waals surface area contributed by atoms with Crippen LogP contribution in [0.3, 0.4) is 0 Å². The van der Waals surface area contributed by atoms with E-state index in [0.29, 0.717) is 6.42 Å². The molecule has 2 rings (SSSR count). The highest BCUT2D eigenvalue weighted by Gasteiger charge is 2.38. The van der Waals surface area contributed by atoms with Crippen LogP contribution in [0.15, 0.2) is 18.2 Å². The molecule has 0 N–H and O–H groups in total. The van der Waals surface area contributed by atoms with Crippen molar-refractivity contribution in [3.05, 3.63) is 35.1 Å². The Morgan fingerprint density at radius 1 is 1.25 bits per heavy atom. The summed E-state index contributed by atoms with van der Waals surface area (Å²) in [4.78, 5) is 12.7. The molecule has 3 heteroatoms. The highest BCUT2D eigenvalue weighted by atomic mass is 19.1. The zero-order chi connectivity index (χ0) is 14.6. The van der Waals surface area contributed by atoms with Crippen LogP contribution >= 0.6 is 0 Å². The van der Waals surface area contributed by atoms with Crippen molar-refractivity contribution in [2.24, 2.45) is 0 Å². The first-order valence-corrected chi connectivity index (χ1v) is 7.41. The van der Waals surface area contributed by atoms with E-state index in [4.69, 9.17) is 4.74 Å². The van der Waals surface area contributed by atoms with Gasteiger partial charge in [-0.3, -0.25) is 4.79 Å². The van der Waals surface area contributed by atoms with Gasteiger partial charge in [-0.2, -0.15) is 0 Å². The molecule has 1 aromatic carbocycles. The van der Waals surface area contributed by atoms with Crippen molar-refractivity contribution in [3.8, 4) is 0 Å². The lowest BCUT2D eigenvalue weighted by molar-refractivity contribution is -0.142. The first-order chi connectivity index (χ1) is 9.57. The van der Waals surface area contributed by atoms with Gasteiger partial charge in [0.2, 0.25) is 0 Å². The van der Waals surface area contributed by atoms with E-state index in [1.807, 2.05) is 6.92 Å². The topological polar surface area (TPSA) is 26.3 Å². The Labute approximate surface area is 120 Å². The van der Waals surface area contributed by atoms with E-state index in [1.165, 1.54) is 25.0 Å². The van der Waals surface area contributed by atoms with Crippen LogP contribution in [-0.2, 0) is 16.0 Å². The van der Waals surface area contributed by atoms with Gasteiger partial charge < -0.3 is 4.74 Å². The SMILES string of the molecule is COC1(C(=O)Cc2ccc(F)cc2C)CCCCCC1. The van der Waals surface area contributed by atoms with Gasteiger partial charge >= 0.3 is 0 Å². The largest absolute Gasteiger partial charge is 0.370 e. The molecule has 0 unspecified atom stereocenters. The molecule has 0 amide bonds. The Morgan fingerprint density at radius 3 is 2.45 bits per heavy atom. The molecule has 110 valence electrons. The molecule has 0 aromatic heterocycles. The fourth-order valence-electron chi connectivity index (χ4n) is 3.09. The van der Waals surface area contributed by atoms with Gasteiger partial charge in [0.05, 0.1) is 0 Å². The minimum Gasteiger partial charge on any atom is -0.370 e. The molecule has 0 bridgehead atoms. The number of carbonyl (C=O) groups excluding carboxylic acids is 1. The van der Waals surface area contributed by atoms with Gasteiger partial charge in [0.25, 0.3) is 0 Å². The number of halogens is 1. The van der Waals surface area contributed by atoms with Crippen molar-refractivity contribution in [3.63, 3.8) is 0 Å². The third-order valence-corrected chi connectivity index (χ3v) is 4.47. The Kier molecular flexibility index (Phi) is 4.92. The summed E-state index contributed by atoms with van der Waals surface area (Å²) >= 11 is 0. The zero-order valence-electron chi connectivity index (χ0n) is 12.4. The maximum atomic E-state index is 13.1. The van der Waals surface area contributed by atoms with E-state index in [0.717, 1.165) is 36.8 Å². The molecule has 0 saturated heterocycles. The van der Waals surface area contributed by atoms with E-state index in [9.17, 15) is 9.18 Å². The summed E-state index contributed by atoms with van der Waals surface area (Å²) in [6, 6.07) is 4.61. The van der Waals surface area contributed by atoms with Crippen molar-refractivity contribution in [2.75, 3.05) is 7.11 Å². The molecule has 0 spiro atoms. The number of ketones is 1. The summed E-state index contributed by atoms with van der Waals surface area (Å²) in [5, 5.41) is 0. The molecule has 1 aliphatic carbocycles. The Balaban J connectivity index is 2.16. The summed E-state index contributed by atoms with van der Waals surface area (Å²) < 4.78 is 18.8. The lowest BCUT2D eigenvalue weighted by Crippen LogP contribution is -2.41. The molecule has 1 fully saturated rings. The number of hydrogen-bond donors (Lipinski definition) is 0. The smallest absolute Gasteiger partial charge is 0.168 e. The molecule has 0 aliphatic heterocycles. The summed E-state index contributed by atoms with van der Waals surface area (Å²) in [7, 11) is 1.64. The average molecular weight is 278 g/mol. The van der Waals surface area contributed by atoms with Crippen LogP contribution in [0.5, 0.6) is 0 Å². The lowest BCUT2D eigenvalue weighted by Gasteiger charge is -2.30. The van der Waals surface area contributed by atoms with Crippen molar-refractivity contribution in [2.45, 2.75) is 57.5 Å². The number of carbonyl (C=O) groups is 1. The number of Topliss-reactive ketones (excluding diaryl/α,β-unsaturated/α-hetero) is 1. The number of hydrogen-bond acceptors (Lipinski definition) is 2. The first kappa shape index (κ1) is 15.2. The van der Waals surface area contributed by atoms with E-state index >= 15 is 0 Å². The normalized spacial score (nSPS) is 18.6. The van der Waals surface area contributed by atoms with Crippen molar-refractivity contribution >= 4 is 5.78 Å². The molecular formula is C17H23FO2. The van der Waals surface area contributed by atoms with Gasteiger partial charge in [0.15, 0.2) is 5.78 Å². The molecule has 0 atom stereocenters. The second-order valence-electron chi connectivity index (χ2n) is 5.78. The molecule has 0 heterocycles. The highest BCUT2D eigenvalue weighted by Crippen LogP contribution is 2.32. The van der Waals surface area contributed by atoms with Gasteiger partial charge in [0.1, 0.15) is 11.4 Å². The van der Waals surface area contributed by atoms with Crippen molar-refractivity contribution < 1.29 is 13.9 Å². The summed E-state index contributed by atoms with van der Waals surface area (Å²) in [5.41, 5.74) is 1.10. The third kappa shape index (κ3) is 3.26. The molecule has 2 nitrogen and oxygen atoms in total. The van der Waals surface area contributed by atoms with E-state index in [2.05, 4.69) is 0 Å².